The van der Waals surface area contributed by atoms with Gasteiger partial charge in [-0.1, -0.05) is 6.58 Å². The summed E-state index contributed by atoms with van der Waals surface area (Å²) in [6.45, 7) is 11.0. The van der Waals surface area contributed by atoms with Crippen molar-refractivity contribution < 1.29 is 18.0 Å². The number of benzene rings is 1. The molecule has 0 atom stereocenters. The normalized spacial score (nSPS) is 19.8. The van der Waals surface area contributed by atoms with E-state index in [4.69, 9.17) is 0 Å². The number of hydrogen-bond donors (Lipinski definition) is 2. The molecule has 194 valence electrons. The zero-order chi connectivity index (χ0) is 26.3. The molecule has 1 fully saturated rings. The van der Waals surface area contributed by atoms with E-state index in [0.717, 1.165) is 19.3 Å². The van der Waals surface area contributed by atoms with Gasteiger partial charge in [0.2, 0.25) is 15.9 Å². The number of anilines is 1. The van der Waals surface area contributed by atoms with Crippen molar-refractivity contribution in [1.29, 1.82) is 0 Å². The van der Waals surface area contributed by atoms with E-state index in [1.807, 2.05) is 33.8 Å². The number of carbonyl (C=O) groups excluding carboxylic acids is 2. The Hall–Kier alpha value is -2.49. The van der Waals surface area contributed by atoms with E-state index in [1.54, 1.807) is 39.9 Å². The molecule has 1 saturated heterocycles. The first-order valence-corrected chi connectivity index (χ1v) is 14.6. The highest BCUT2D eigenvalue weighted by Crippen LogP contribution is 2.42. The summed E-state index contributed by atoms with van der Waals surface area (Å²) in [5.74, 6) is -0.431. The van der Waals surface area contributed by atoms with Gasteiger partial charge in [0, 0.05) is 27.7 Å². The van der Waals surface area contributed by atoms with E-state index in [0.29, 0.717) is 23.4 Å². The summed E-state index contributed by atoms with van der Waals surface area (Å²) in [4.78, 5) is 26.8. The van der Waals surface area contributed by atoms with Crippen molar-refractivity contribution >= 4 is 38.9 Å². The van der Waals surface area contributed by atoms with Crippen LogP contribution in [-0.4, -0.2) is 41.7 Å². The molecule has 2 heterocycles. The summed E-state index contributed by atoms with van der Waals surface area (Å²) < 4.78 is 29.2. The maximum Gasteiger partial charge on any atom is 0.265 e. The Morgan fingerprint density at radius 3 is 2.25 bits per heavy atom. The molecule has 1 aliphatic heterocycles. The molecule has 0 unspecified atom stereocenters. The summed E-state index contributed by atoms with van der Waals surface area (Å²) in [6.07, 6.45) is 6.58. The van der Waals surface area contributed by atoms with Crippen molar-refractivity contribution in [3.8, 4) is 0 Å². The first-order valence-electron chi connectivity index (χ1n) is 12.3. The average Bonchev–Trinajstić information content (AvgIpc) is 3.22. The fourth-order valence-corrected chi connectivity index (χ4v) is 9.18. The fourth-order valence-electron chi connectivity index (χ4n) is 5.89. The van der Waals surface area contributed by atoms with Crippen LogP contribution in [0.2, 0.25) is 0 Å². The van der Waals surface area contributed by atoms with Crippen LogP contribution in [0.3, 0.4) is 0 Å². The lowest BCUT2D eigenvalue weighted by Crippen LogP contribution is -2.65. The molecule has 1 aliphatic carbocycles. The van der Waals surface area contributed by atoms with Gasteiger partial charge in [-0.05, 0) is 108 Å². The zero-order valence-electron chi connectivity index (χ0n) is 21.4. The zero-order valence-corrected chi connectivity index (χ0v) is 23.0. The Kier molecular flexibility index (Phi) is 7.20. The van der Waals surface area contributed by atoms with Crippen molar-refractivity contribution in [3.63, 3.8) is 0 Å². The van der Waals surface area contributed by atoms with Crippen LogP contribution in [0.5, 0.6) is 0 Å². The number of nitrogens with one attached hydrogen (secondary N) is 2. The molecule has 36 heavy (non-hydrogen) atoms. The van der Waals surface area contributed by atoms with Gasteiger partial charge >= 0.3 is 0 Å². The lowest BCUT2D eigenvalue weighted by Gasteiger charge is -2.53. The average molecular weight is 530 g/mol. The van der Waals surface area contributed by atoms with Crippen molar-refractivity contribution in [1.82, 2.24) is 9.62 Å². The van der Waals surface area contributed by atoms with Crippen molar-refractivity contribution in [2.24, 2.45) is 0 Å². The Bertz CT molecular complexity index is 1240. The van der Waals surface area contributed by atoms with Gasteiger partial charge in [0.15, 0.2) is 0 Å². The number of carbonyl (C=O) groups is 2. The van der Waals surface area contributed by atoms with Crippen LogP contribution >= 0.6 is 11.3 Å². The molecule has 2 aromatic rings. The van der Waals surface area contributed by atoms with Crippen molar-refractivity contribution in [3.05, 3.63) is 58.3 Å². The first-order chi connectivity index (χ1) is 16.8. The molecule has 0 spiro atoms. The second-order valence-electron chi connectivity index (χ2n) is 11.0. The number of thiophene rings is 1. The minimum Gasteiger partial charge on any atom is -0.350 e. The molecule has 2 amide bonds. The largest absolute Gasteiger partial charge is 0.350 e. The smallest absolute Gasteiger partial charge is 0.265 e. The van der Waals surface area contributed by atoms with Crippen LogP contribution in [0, 0.1) is 0 Å². The van der Waals surface area contributed by atoms with Gasteiger partial charge in [-0.3, -0.25) is 9.59 Å². The molecule has 2 N–H and O–H groups in total. The van der Waals surface area contributed by atoms with E-state index in [-0.39, 0.29) is 22.8 Å². The van der Waals surface area contributed by atoms with Crippen molar-refractivity contribution in [2.75, 3.05) is 5.32 Å². The lowest BCUT2D eigenvalue weighted by molar-refractivity contribution is -0.118. The third-order valence-corrected chi connectivity index (χ3v) is 10.6. The van der Waals surface area contributed by atoms with Gasteiger partial charge < -0.3 is 10.6 Å². The summed E-state index contributed by atoms with van der Waals surface area (Å²) >= 11 is 1.55. The Morgan fingerprint density at radius 1 is 1.06 bits per heavy atom. The van der Waals surface area contributed by atoms with Gasteiger partial charge in [0.05, 0.1) is 9.77 Å². The SMILES string of the molecule is C=CC(=O)NC1CC(C)(C)N(S(=O)(=O)c2ccc(NC(=O)c3cc4c(s3)CCCC4)cc2)C(C)(C)C1. The second kappa shape index (κ2) is 9.76. The minimum absolute atomic E-state index is 0.160. The predicted octanol–water partition coefficient (Wildman–Crippen LogP) is 4.89. The number of sulfonamides is 1. The number of piperidine rings is 1. The van der Waals surface area contributed by atoms with Crippen LogP contribution < -0.4 is 10.6 Å². The highest BCUT2D eigenvalue weighted by atomic mass is 32.2. The van der Waals surface area contributed by atoms with E-state index in [9.17, 15) is 18.0 Å². The van der Waals surface area contributed by atoms with E-state index in [2.05, 4.69) is 17.2 Å². The molecule has 4 rings (SSSR count). The Balaban J connectivity index is 1.51. The summed E-state index contributed by atoms with van der Waals surface area (Å²) in [7, 11) is -3.84. The Morgan fingerprint density at radius 2 is 1.67 bits per heavy atom. The lowest BCUT2D eigenvalue weighted by atomic mass is 9.79. The molecular weight excluding hydrogens is 494 g/mol. The fraction of sp³-hybridized carbons (Fsp3) is 0.481. The molecule has 0 bridgehead atoms. The molecule has 2 aliphatic rings. The van der Waals surface area contributed by atoms with E-state index in [1.165, 1.54) is 22.9 Å². The summed E-state index contributed by atoms with van der Waals surface area (Å²) in [5.41, 5.74) is 0.362. The molecule has 0 saturated carbocycles. The standard InChI is InChI=1S/C27H35N3O4S2/c1-6-24(31)28-20-16-26(2,3)30(27(4,5)17-20)36(33,34)21-13-11-19(12-14-21)29-25(32)23-15-18-9-7-8-10-22(18)35-23/h6,11-15,20H,1,7-10,16-17H2,2-5H3,(H,28,31)(H,29,32). The molecular formula is C27H35N3O4S2. The maximum absolute atomic E-state index is 13.8. The maximum atomic E-state index is 13.8. The third-order valence-electron chi connectivity index (χ3n) is 6.99. The van der Waals surface area contributed by atoms with Crippen LogP contribution in [0.25, 0.3) is 0 Å². The quantitative estimate of drug-likeness (QED) is 0.521. The van der Waals surface area contributed by atoms with Crippen LogP contribution in [0.1, 0.15) is 73.5 Å². The van der Waals surface area contributed by atoms with Crippen LogP contribution in [0.4, 0.5) is 5.69 Å². The number of fused-ring (bicyclic) bond motifs is 1. The third kappa shape index (κ3) is 5.28. The van der Waals surface area contributed by atoms with Crippen molar-refractivity contribution in [2.45, 2.75) is 88.2 Å². The summed E-state index contributed by atoms with van der Waals surface area (Å²) in [5, 5.41) is 5.83. The molecule has 7 nitrogen and oxygen atoms in total. The van der Waals surface area contributed by atoms with E-state index < -0.39 is 21.1 Å². The number of nitrogens with zero attached hydrogens (tertiary/aromatic N) is 1. The van der Waals surface area contributed by atoms with Gasteiger partial charge in [0.1, 0.15) is 0 Å². The highest BCUT2D eigenvalue weighted by molar-refractivity contribution is 7.89. The van der Waals surface area contributed by atoms with Crippen LogP contribution in [-0.2, 0) is 27.7 Å². The summed E-state index contributed by atoms with van der Waals surface area (Å²) in [6, 6.07) is 8.18. The topological polar surface area (TPSA) is 95.6 Å². The molecule has 9 heteroatoms. The van der Waals surface area contributed by atoms with Gasteiger partial charge in [-0.2, -0.15) is 4.31 Å². The number of aryl methyl sites for hydroxylation is 2. The number of amides is 2. The number of rotatable bonds is 6. The first kappa shape index (κ1) is 26.6. The molecule has 0 radical (unpaired) electrons. The minimum atomic E-state index is -3.84. The second-order valence-corrected chi connectivity index (χ2v) is 13.9. The van der Waals surface area contributed by atoms with Gasteiger partial charge in [0.25, 0.3) is 5.91 Å². The number of hydrogen-bond acceptors (Lipinski definition) is 5. The van der Waals surface area contributed by atoms with Crippen LogP contribution in [0.15, 0.2) is 47.9 Å². The highest BCUT2D eigenvalue weighted by Gasteiger charge is 2.51. The monoisotopic (exact) mass is 529 g/mol. The molecule has 1 aromatic carbocycles. The molecule has 1 aromatic heterocycles. The van der Waals surface area contributed by atoms with Gasteiger partial charge in [-0.15, -0.1) is 11.3 Å². The predicted molar refractivity (Wildman–Crippen MR) is 144 cm³/mol. The van der Waals surface area contributed by atoms with E-state index >= 15 is 0 Å². The van der Waals surface area contributed by atoms with Gasteiger partial charge in [-0.25, -0.2) is 8.42 Å². The Labute approximate surface area is 218 Å².